The van der Waals surface area contributed by atoms with E-state index in [1.165, 1.54) is 0 Å². The van der Waals surface area contributed by atoms with Gasteiger partial charge in [-0.25, -0.2) is 4.99 Å². The highest BCUT2D eigenvalue weighted by Gasteiger charge is 2.43. The molecule has 1 aromatic carbocycles. The lowest BCUT2D eigenvalue weighted by Crippen LogP contribution is -2.58. The summed E-state index contributed by atoms with van der Waals surface area (Å²) in [7, 11) is 0. The predicted molar refractivity (Wildman–Crippen MR) is 106 cm³/mol. The number of carbonyl (C=O) groups excluding carboxylic acids is 1. The Kier molecular flexibility index (Phi) is 5.09. The maximum atomic E-state index is 12.0. The number of anilines is 2. The number of nitrogens with zero attached hydrogens (tertiary/aromatic N) is 3. The Morgan fingerprint density at radius 1 is 1.27 bits per heavy atom. The van der Waals surface area contributed by atoms with Crippen LogP contribution in [-0.4, -0.2) is 23.5 Å². The van der Waals surface area contributed by atoms with Gasteiger partial charge >= 0.3 is 0 Å². The van der Waals surface area contributed by atoms with E-state index in [1.807, 2.05) is 24.8 Å². The minimum atomic E-state index is -0.571. The monoisotopic (exact) mass is 376 g/mol. The van der Waals surface area contributed by atoms with E-state index in [-0.39, 0.29) is 23.7 Å². The van der Waals surface area contributed by atoms with E-state index < -0.39 is 5.66 Å². The minimum absolute atomic E-state index is 0.0619. The molecule has 1 amide bonds. The lowest BCUT2D eigenvalue weighted by Gasteiger charge is -2.45. The Morgan fingerprint density at radius 3 is 2.62 bits per heavy atom. The Morgan fingerprint density at radius 2 is 1.96 bits per heavy atom. The van der Waals surface area contributed by atoms with Crippen molar-refractivity contribution in [3.63, 3.8) is 0 Å². The van der Waals surface area contributed by atoms with Crippen molar-refractivity contribution in [3.05, 3.63) is 23.2 Å². The molecule has 0 aromatic heterocycles. The van der Waals surface area contributed by atoms with Crippen molar-refractivity contribution in [2.24, 2.45) is 27.4 Å². The number of nitrogens with two attached hydrogens (primary N) is 2. The van der Waals surface area contributed by atoms with Crippen LogP contribution < -0.4 is 21.7 Å². The van der Waals surface area contributed by atoms with Gasteiger partial charge in [0.05, 0.1) is 10.7 Å². The summed E-state index contributed by atoms with van der Waals surface area (Å²) in [5.74, 6) is 0.285. The average Bonchev–Trinajstić information content (AvgIpc) is 2.57. The number of halogens is 1. The summed E-state index contributed by atoms with van der Waals surface area (Å²) in [5.41, 5.74) is 12.9. The number of carbonyl (C=O) groups is 1. The van der Waals surface area contributed by atoms with Crippen LogP contribution >= 0.6 is 11.6 Å². The number of aliphatic imine (C=N–C) groups is 2. The average molecular weight is 377 g/mol. The lowest BCUT2D eigenvalue weighted by molar-refractivity contribution is -0.118. The molecule has 7 nitrogen and oxygen atoms in total. The summed E-state index contributed by atoms with van der Waals surface area (Å²) < 4.78 is 0. The van der Waals surface area contributed by atoms with E-state index in [9.17, 15) is 4.79 Å². The van der Waals surface area contributed by atoms with Crippen molar-refractivity contribution in [1.29, 1.82) is 0 Å². The van der Waals surface area contributed by atoms with Crippen LogP contribution in [-0.2, 0) is 4.79 Å². The molecule has 0 bridgehead atoms. The third kappa shape index (κ3) is 3.49. The highest BCUT2D eigenvalue weighted by molar-refractivity contribution is 6.34. The van der Waals surface area contributed by atoms with E-state index in [0.717, 1.165) is 32.1 Å². The normalized spacial score (nSPS) is 19.3. The molecule has 140 valence electrons. The Labute approximate surface area is 158 Å². The Bertz CT molecular complexity index is 767. The third-order valence-corrected chi connectivity index (χ3v) is 5.15. The van der Waals surface area contributed by atoms with Gasteiger partial charge in [-0.15, -0.1) is 0 Å². The molecule has 1 heterocycles. The number of hydrogen-bond donors (Lipinski definition) is 3. The van der Waals surface area contributed by atoms with Crippen LogP contribution in [0.1, 0.15) is 46.0 Å². The molecule has 1 spiro atoms. The van der Waals surface area contributed by atoms with E-state index in [1.54, 1.807) is 12.1 Å². The molecule has 8 heteroatoms. The first-order chi connectivity index (χ1) is 12.3. The van der Waals surface area contributed by atoms with Crippen molar-refractivity contribution in [2.75, 3.05) is 10.2 Å². The molecule has 0 atom stereocenters. The van der Waals surface area contributed by atoms with Crippen LogP contribution in [0.25, 0.3) is 0 Å². The molecule has 26 heavy (non-hydrogen) atoms. The first-order valence-electron chi connectivity index (χ1n) is 8.92. The Balaban J connectivity index is 2.02. The van der Waals surface area contributed by atoms with Crippen molar-refractivity contribution < 1.29 is 4.79 Å². The second-order valence-corrected chi connectivity index (χ2v) is 7.54. The molecule has 5 N–H and O–H groups in total. The fourth-order valence-electron chi connectivity index (χ4n) is 3.52. The van der Waals surface area contributed by atoms with Gasteiger partial charge in [0.2, 0.25) is 17.8 Å². The van der Waals surface area contributed by atoms with Crippen molar-refractivity contribution in [2.45, 2.75) is 51.6 Å². The topological polar surface area (TPSA) is 109 Å². The number of rotatable bonds is 3. The summed E-state index contributed by atoms with van der Waals surface area (Å²) in [6.07, 6.45) is 4.86. The van der Waals surface area contributed by atoms with Crippen LogP contribution in [0, 0.1) is 5.92 Å². The maximum absolute atomic E-state index is 12.0. The van der Waals surface area contributed by atoms with E-state index in [2.05, 4.69) is 15.3 Å². The summed E-state index contributed by atoms with van der Waals surface area (Å²) >= 11 is 6.49. The molecular weight excluding hydrogens is 352 g/mol. The molecule has 1 aromatic rings. The summed E-state index contributed by atoms with van der Waals surface area (Å²) in [6, 6.07) is 5.34. The van der Waals surface area contributed by atoms with Gasteiger partial charge in [0, 0.05) is 11.6 Å². The van der Waals surface area contributed by atoms with Crippen LogP contribution in [0.2, 0.25) is 5.02 Å². The minimum Gasteiger partial charge on any atom is -0.369 e. The van der Waals surface area contributed by atoms with Gasteiger partial charge in [-0.3, -0.25) is 9.69 Å². The van der Waals surface area contributed by atoms with Gasteiger partial charge < -0.3 is 16.8 Å². The zero-order chi connectivity index (χ0) is 18.9. The summed E-state index contributed by atoms with van der Waals surface area (Å²) in [6.45, 7) is 3.69. The van der Waals surface area contributed by atoms with E-state index >= 15 is 0 Å². The van der Waals surface area contributed by atoms with Gasteiger partial charge in [0.15, 0.2) is 0 Å². The van der Waals surface area contributed by atoms with Crippen molar-refractivity contribution in [3.8, 4) is 0 Å². The predicted octanol–water partition coefficient (Wildman–Crippen LogP) is 3.04. The van der Waals surface area contributed by atoms with Crippen molar-refractivity contribution >= 4 is 40.8 Å². The fourth-order valence-corrected chi connectivity index (χ4v) is 3.72. The van der Waals surface area contributed by atoms with Gasteiger partial charge in [-0.2, -0.15) is 4.99 Å². The number of benzene rings is 1. The van der Waals surface area contributed by atoms with Gasteiger partial charge in [-0.1, -0.05) is 31.9 Å². The maximum Gasteiger partial charge on any atom is 0.226 e. The van der Waals surface area contributed by atoms with Crippen LogP contribution in [0.3, 0.4) is 0 Å². The third-order valence-electron chi connectivity index (χ3n) is 4.83. The molecule has 1 aliphatic carbocycles. The quantitative estimate of drug-likeness (QED) is 0.753. The van der Waals surface area contributed by atoms with Crippen LogP contribution in [0.4, 0.5) is 11.4 Å². The molecule has 1 fully saturated rings. The molecule has 0 saturated heterocycles. The highest BCUT2D eigenvalue weighted by atomic mass is 35.5. The molecule has 1 aliphatic heterocycles. The second-order valence-electron chi connectivity index (χ2n) is 7.13. The van der Waals surface area contributed by atoms with Crippen LogP contribution in [0.5, 0.6) is 0 Å². The van der Waals surface area contributed by atoms with E-state index in [4.69, 9.17) is 23.1 Å². The summed E-state index contributed by atoms with van der Waals surface area (Å²) in [5, 5.41) is 3.42. The summed E-state index contributed by atoms with van der Waals surface area (Å²) in [4.78, 5) is 22.7. The molecule has 0 radical (unpaired) electrons. The number of hydrogen-bond acceptors (Lipinski definition) is 6. The lowest BCUT2D eigenvalue weighted by atomic mass is 9.87. The molecular formula is C18H25ClN6O. The van der Waals surface area contributed by atoms with Gasteiger partial charge in [-0.05, 0) is 43.9 Å². The molecule has 3 rings (SSSR count). The van der Waals surface area contributed by atoms with Crippen LogP contribution in [0.15, 0.2) is 28.2 Å². The zero-order valence-electron chi connectivity index (χ0n) is 15.1. The van der Waals surface area contributed by atoms with E-state index in [0.29, 0.717) is 16.4 Å². The first kappa shape index (κ1) is 18.5. The Hall–Kier alpha value is -2.28. The number of guanidine groups is 2. The highest BCUT2D eigenvalue weighted by Crippen LogP contribution is 2.42. The van der Waals surface area contributed by atoms with Crippen molar-refractivity contribution in [1.82, 2.24) is 0 Å². The fraction of sp³-hybridized carbons (Fsp3) is 0.500. The number of nitrogens with one attached hydrogen (secondary N) is 1. The van der Waals surface area contributed by atoms with Gasteiger partial charge in [0.1, 0.15) is 5.66 Å². The molecule has 0 unspecified atom stereocenters. The first-order valence-corrected chi connectivity index (χ1v) is 9.30. The molecule has 2 aliphatic rings. The molecule has 1 saturated carbocycles. The largest absolute Gasteiger partial charge is 0.369 e. The van der Waals surface area contributed by atoms with Gasteiger partial charge in [0.25, 0.3) is 0 Å². The SMILES string of the molecule is CC(C)C(=O)Nc1ccc(Cl)c(N2C(N)=NC(N)=NC23CCCCC3)c1. The number of amides is 1. The zero-order valence-corrected chi connectivity index (χ0v) is 15.9. The second kappa shape index (κ2) is 7.15. The standard InChI is InChI=1S/C18H25ClN6O/c1-11(2)15(26)22-12-6-7-13(19)14(10-12)25-17(21)23-16(20)24-18(25)8-4-3-5-9-18/h6-7,10-11H,3-5,8-9H2,1-2H3,(H,22,26)(H4,20,21,23,24). The smallest absolute Gasteiger partial charge is 0.226 e.